The Hall–Kier alpha value is 0.270. The minimum Gasteiger partial charge on any atom is -0.377 e. The summed E-state index contributed by atoms with van der Waals surface area (Å²) < 4.78 is 5.58. The molecule has 0 aromatic rings. The Morgan fingerprint density at radius 2 is 2.07 bits per heavy atom. The van der Waals surface area contributed by atoms with Crippen LogP contribution in [0.15, 0.2) is 0 Å². The zero-order valence-electron chi connectivity index (χ0n) is 9.71. The predicted octanol–water partition coefficient (Wildman–Crippen LogP) is 2.29. The molecule has 3 heteroatoms. The molecule has 0 aliphatic carbocycles. The minimum atomic E-state index is 0.489. The van der Waals surface area contributed by atoms with E-state index in [0.29, 0.717) is 6.10 Å². The lowest BCUT2D eigenvalue weighted by Crippen LogP contribution is -2.28. The molecule has 0 spiro atoms. The molecule has 2 saturated heterocycles. The summed E-state index contributed by atoms with van der Waals surface area (Å²) in [6.07, 6.45) is 5.94. The molecule has 0 radical (unpaired) electrons. The summed E-state index contributed by atoms with van der Waals surface area (Å²) in [6, 6.07) is 0. The molecule has 15 heavy (non-hydrogen) atoms. The molecule has 2 rings (SSSR count). The standard InChI is InChI=1S/C12H23NOS/c1-10-12(4-8-14-10)15-9-5-11-2-6-13-7-3-11/h10-13H,2-9H2,1H3. The Bertz CT molecular complexity index is 182. The second kappa shape index (κ2) is 6.12. The van der Waals surface area contributed by atoms with Gasteiger partial charge >= 0.3 is 0 Å². The summed E-state index contributed by atoms with van der Waals surface area (Å²) in [5.74, 6) is 2.32. The van der Waals surface area contributed by atoms with E-state index < -0.39 is 0 Å². The molecule has 0 aromatic carbocycles. The Morgan fingerprint density at radius 3 is 2.73 bits per heavy atom. The van der Waals surface area contributed by atoms with E-state index in [0.717, 1.165) is 17.8 Å². The van der Waals surface area contributed by atoms with E-state index in [1.54, 1.807) is 0 Å². The molecule has 2 aliphatic rings. The molecule has 2 heterocycles. The molecule has 2 aliphatic heterocycles. The molecule has 1 N–H and O–H groups in total. The van der Waals surface area contributed by atoms with Crippen LogP contribution in [0.1, 0.15) is 32.6 Å². The van der Waals surface area contributed by atoms with E-state index in [1.807, 2.05) is 0 Å². The van der Waals surface area contributed by atoms with Crippen LogP contribution in [-0.2, 0) is 4.74 Å². The van der Waals surface area contributed by atoms with Crippen LogP contribution in [-0.4, -0.2) is 36.8 Å². The van der Waals surface area contributed by atoms with Crippen molar-refractivity contribution in [3.05, 3.63) is 0 Å². The highest BCUT2D eigenvalue weighted by Crippen LogP contribution is 2.28. The first-order valence-electron chi connectivity index (χ1n) is 6.30. The SMILES string of the molecule is CC1OCCC1SCCC1CCNCC1. The smallest absolute Gasteiger partial charge is 0.0666 e. The van der Waals surface area contributed by atoms with Crippen LogP contribution in [0.2, 0.25) is 0 Å². The van der Waals surface area contributed by atoms with Crippen LogP contribution < -0.4 is 5.32 Å². The van der Waals surface area contributed by atoms with Gasteiger partial charge in [-0.05, 0) is 57.4 Å². The predicted molar refractivity (Wildman–Crippen MR) is 66.5 cm³/mol. The van der Waals surface area contributed by atoms with Crippen molar-refractivity contribution in [3.8, 4) is 0 Å². The van der Waals surface area contributed by atoms with Gasteiger partial charge < -0.3 is 10.1 Å². The molecule has 2 fully saturated rings. The van der Waals surface area contributed by atoms with Crippen molar-refractivity contribution in [1.29, 1.82) is 0 Å². The van der Waals surface area contributed by atoms with Crippen LogP contribution in [0.25, 0.3) is 0 Å². The number of nitrogens with one attached hydrogen (secondary N) is 1. The maximum absolute atomic E-state index is 5.58. The lowest BCUT2D eigenvalue weighted by atomic mass is 9.96. The van der Waals surface area contributed by atoms with Crippen molar-refractivity contribution in [3.63, 3.8) is 0 Å². The van der Waals surface area contributed by atoms with Crippen LogP contribution in [0.5, 0.6) is 0 Å². The molecule has 0 bridgehead atoms. The van der Waals surface area contributed by atoms with E-state index in [-0.39, 0.29) is 0 Å². The highest BCUT2D eigenvalue weighted by molar-refractivity contribution is 7.99. The molecule has 2 unspecified atom stereocenters. The number of hydrogen-bond acceptors (Lipinski definition) is 3. The highest BCUT2D eigenvalue weighted by atomic mass is 32.2. The zero-order valence-corrected chi connectivity index (χ0v) is 10.5. The van der Waals surface area contributed by atoms with E-state index in [1.165, 1.54) is 44.5 Å². The van der Waals surface area contributed by atoms with Gasteiger partial charge in [-0.2, -0.15) is 11.8 Å². The lowest BCUT2D eigenvalue weighted by Gasteiger charge is -2.23. The van der Waals surface area contributed by atoms with Gasteiger partial charge in [0.15, 0.2) is 0 Å². The monoisotopic (exact) mass is 229 g/mol. The maximum atomic E-state index is 5.58. The first kappa shape index (κ1) is 11.7. The van der Waals surface area contributed by atoms with Crippen LogP contribution in [0.3, 0.4) is 0 Å². The highest BCUT2D eigenvalue weighted by Gasteiger charge is 2.24. The van der Waals surface area contributed by atoms with Gasteiger partial charge in [0.05, 0.1) is 6.10 Å². The van der Waals surface area contributed by atoms with E-state index in [9.17, 15) is 0 Å². The largest absolute Gasteiger partial charge is 0.377 e. The number of hydrogen-bond donors (Lipinski definition) is 1. The summed E-state index contributed by atoms with van der Waals surface area (Å²) in [6.45, 7) is 5.66. The average Bonchev–Trinajstić information content (AvgIpc) is 2.66. The molecule has 2 nitrogen and oxygen atoms in total. The van der Waals surface area contributed by atoms with Crippen LogP contribution in [0.4, 0.5) is 0 Å². The third-order valence-corrected chi connectivity index (χ3v) is 5.14. The summed E-state index contributed by atoms with van der Waals surface area (Å²) in [4.78, 5) is 0. The van der Waals surface area contributed by atoms with Gasteiger partial charge in [0.2, 0.25) is 0 Å². The fourth-order valence-electron chi connectivity index (χ4n) is 2.49. The van der Waals surface area contributed by atoms with Gasteiger partial charge in [-0.15, -0.1) is 0 Å². The Labute approximate surface area is 97.5 Å². The second-order valence-electron chi connectivity index (χ2n) is 4.76. The van der Waals surface area contributed by atoms with E-state index >= 15 is 0 Å². The average molecular weight is 229 g/mol. The van der Waals surface area contributed by atoms with Crippen molar-refractivity contribution >= 4 is 11.8 Å². The topological polar surface area (TPSA) is 21.3 Å². The summed E-state index contributed by atoms with van der Waals surface area (Å²) in [5.41, 5.74) is 0. The fraction of sp³-hybridized carbons (Fsp3) is 1.00. The third-order valence-electron chi connectivity index (χ3n) is 3.62. The second-order valence-corrected chi connectivity index (χ2v) is 6.10. The Morgan fingerprint density at radius 1 is 1.27 bits per heavy atom. The van der Waals surface area contributed by atoms with Crippen molar-refractivity contribution in [1.82, 2.24) is 5.32 Å². The normalized spacial score (nSPS) is 33.4. The summed E-state index contributed by atoms with van der Waals surface area (Å²) in [7, 11) is 0. The molecule has 88 valence electrons. The molecule has 2 atom stereocenters. The van der Waals surface area contributed by atoms with Crippen molar-refractivity contribution < 1.29 is 4.74 Å². The van der Waals surface area contributed by atoms with Gasteiger partial charge in [-0.1, -0.05) is 0 Å². The molecule has 0 aromatic heterocycles. The number of thioether (sulfide) groups is 1. The Balaban J connectivity index is 1.57. The van der Waals surface area contributed by atoms with Crippen molar-refractivity contribution in [2.24, 2.45) is 5.92 Å². The van der Waals surface area contributed by atoms with Crippen molar-refractivity contribution in [2.75, 3.05) is 25.4 Å². The van der Waals surface area contributed by atoms with Gasteiger partial charge in [0.25, 0.3) is 0 Å². The summed E-state index contributed by atoms with van der Waals surface area (Å²) >= 11 is 2.14. The quantitative estimate of drug-likeness (QED) is 0.799. The maximum Gasteiger partial charge on any atom is 0.0666 e. The van der Waals surface area contributed by atoms with E-state index in [2.05, 4.69) is 24.0 Å². The molecular weight excluding hydrogens is 206 g/mol. The minimum absolute atomic E-state index is 0.489. The zero-order chi connectivity index (χ0) is 10.5. The van der Waals surface area contributed by atoms with Gasteiger partial charge in [0.1, 0.15) is 0 Å². The molecule has 0 saturated carbocycles. The van der Waals surface area contributed by atoms with Gasteiger partial charge in [0, 0.05) is 11.9 Å². The van der Waals surface area contributed by atoms with Crippen molar-refractivity contribution in [2.45, 2.75) is 44.0 Å². The summed E-state index contributed by atoms with van der Waals surface area (Å²) in [5, 5.41) is 4.20. The number of ether oxygens (including phenoxy) is 1. The third kappa shape index (κ3) is 3.65. The first-order valence-corrected chi connectivity index (χ1v) is 7.35. The van der Waals surface area contributed by atoms with Crippen LogP contribution in [0, 0.1) is 5.92 Å². The number of rotatable bonds is 4. The Kier molecular flexibility index (Phi) is 4.79. The first-order chi connectivity index (χ1) is 7.36. The molecule has 0 amide bonds. The molecular formula is C12H23NOS. The lowest BCUT2D eigenvalue weighted by molar-refractivity contribution is 0.127. The van der Waals surface area contributed by atoms with Gasteiger partial charge in [-0.3, -0.25) is 0 Å². The fourth-order valence-corrected chi connectivity index (χ4v) is 3.87. The van der Waals surface area contributed by atoms with Gasteiger partial charge in [-0.25, -0.2) is 0 Å². The van der Waals surface area contributed by atoms with E-state index in [4.69, 9.17) is 4.74 Å². The van der Waals surface area contributed by atoms with Crippen LogP contribution >= 0.6 is 11.8 Å². The number of piperidine rings is 1.